The van der Waals surface area contributed by atoms with Crippen molar-refractivity contribution < 1.29 is 9.53 Å². The second-order valence-electron chi connectivity index (χ2n) is 4.16. The predicted octanol–water partition coefficient (Wildman–Crippen LogP) is 3.13. The van der Waals surface area contributed by atoms with E-state index in [0.717, 1.165) is 35.5 Å². The molecule has 0 saturated heterocycles. The quantitative estimate of drug-likeness (QED) is 0.467. The molecule has 90 valence electrons. The zero-order valence-corrected chi connectivity index (χ0v) is 10.8. The zero-order valence-electron chi connectivity index (χ0n) is 10.0. The molecule has 0 bridgehead atoms. The van der Waals surface area contributed by atoms with Gasteiger partial charge in [0.05, 0.1) is 12.6 Å². The van der Waals surface area contributed by atoms with E-state index < -0.39 is 0 Å². The lowest BCUT2D eigenvalue weighted by Gasteiger charge is -2.37. The van der Waals surface area contributed by atoms with Crippen molar-refractivity contribution in [1.29, 1.82) is 0 Å². The maximum atomic E-state index is 10.5. The lowest BCUT2D eigenvalue weighted by atomic mass is 9.72. The molecule has 0 aromatic heterocycles. The molecule has 0 heterocycles. The highest BCUT2D eigenvalue weighted by Gasteiger charge is 2.39. The van der Waals surface area contributed by atoms with E-state index in [0.29, 0.717) is 0 Å². The van der Waals surface area contributed by atoms with Crippen LogP contribution in [-0.4, -0.2) is 19.4 Å². The van der Waals surface area contributed by atoms with Crippen molar-refractivity contribution in [3.8, 4) is 5.75 Å². The Hall–Kier alpha value is -1.25. The molecule has 1 aromatic rings. The predicted molar refractivity (Wildman–Crippen MR) is 68.4 cm³/mol. The molecular weight excluding hydrogens is 234 g/mol. The molecule has 3 nitrogen and oxygen atoms in total. The van der Waals surface area contributed by atoms with Gasteiger partial charge in [-0.05, 0) is 43.2 Å². The van der Waals surface area contributed by atoms with E-state index in [1.54, 1.807) is 25.0 Å². The van der Waals surface area contributed by atoms with Crippen molar-refractivity contribution in [2.24, 2.45) is 4.99 Å². The van der Waals surface area contributed by atoms with Gasteiger partial charge in [-0.3, -0.25) is 0 Å². The molecule has 1 fully saturated rings. The van der Waals surface area contributed by atoms with Crippen molar-refractivity contribution in [3.63, 3.8) is 0 Å². The number of hydrogen-bond donors (Lipinski definition) is 0. The third-order valence-corrected chi connectivity index (χ3v) is 4.12. The summed E-state index contributed by atoms with van der Waals surface area (Å²) in [6.45, 7) is 0. The number of aliphatic imine (C=N–C) groups is 1. The Balaban J connectivity index is 2.42. The monoisotopic (exact) mass is 249 g/mol. The Kier molecular flexibility index (Phi) is 3.55. The van der Waals surface area contributed by atoms with Crippen LogP contribution in [0.25, 0.3) is 0 Å². The molecule has 17 heavy (non-hydrogen) atoms. The van der Waals surface area contributed by atoms with Gasteiger partial charge in [0.15, 0.2) is 0 Å². The molecule has 2 rings (SSSR count). The summed E-state index contributed by atoms with van der Waals surface area (Å²) in [5.74, 6) is 0.866. The van der Waals surface area contributed by atoms with Crippen LogP contribution in [0.15, 0.2) is 28.1 Å². The van der Waals surface area contributed by atoms with Crippen molar-refractivity contribution in [2.45, 2.75) is 29.7 Å². The molecule has 0 atom stereocenters. The molecule has 0 aliphatic heterocycles. The first-order chi connectivity index (χ1) is 8.25. The van der Waals surface area contributed by atoms with Crippen LogP contribution in [0.4, 0.5) is 0 Å². The molecule has 1 aliphatic carbocycles. The minimum absolute atomic E-state index is 0.321. The summed E-state index contributed by atoms with van der Waals surface area (Å²) in [4.78, 5) is 15.6. The first-order valence-electron chi connectivity index (χ1n) is 5.57. The average molecular weight is 249 g/mol. The van der Waals surface area contributed by atoms with E-state index in [9.17, 15) is 4.79 Å². The Labute approximate surface area is 105 Å². The number of benzene rings is 1. The highest BCUT2D eigenvalue weighted by atomic mass is 32.2. The Morgan fingerprint density at radius 1 is 1.47 bits per heavy atom. The molecular formula is C13H15NO2S. The SMILES string of the molecule is COc1ccc(C2(N=C=O)CCC2)cc1SC. The van der Waals surface area contributed by atoms with Crippen molar-refractivity contribution in [1.82, 2.24) is 0 Å². The molecule has 1 aromatic carbocycles. The molecule has 0 amide bonds. The van der Waals surface area contributed by atoms with E-state index in [-0.39, 0.29) is 5.54 Å². The van der Waals surface area contributed by atoms with Gasteiger partial charge in [0.1, 0.15) is 5.75 Å². The van der Waals surface area contributed by atoms with Gasteiger partial charge in [-0.15, -0.1) is 11.8 Å². The smallest absolute Gasteiger partial charge is 0.235 e. The third-order valence-electron chi connectivity index (χ3n) is 3.36. The van der Waals surface area contributed by atoms with Crippen LogP contribution in [0.5, 0.6) is 5.75 Å². The number of carbonyl (C=O) groups excluding carboxylic acids is 1. The number of thioether (sulfide) groups is 1. The molecule has 0 N–H and O–H groups in total. The van der Waals surface area contributed by atoms with E-state index in [2.05, 4.69) is 11.1 Å². The maximum Gasteiger partial charge on any atom is 0.235 e. The normalized spacial score (nSPS) is 16.8. The largest absolute Gasteiger partial charge is 0.496 e. The van der Waals surface area contributed by atoms with Crippen LogP contribution in [0.1, 0.15) is 24.8 Å². The minimum atomic E-state index is -0.321. The fourth-order valence-corrected chi connectivity index (χ4v) is 2.79. The van der Waals surface area contributed by atoms with Crippen LogP contribution < -0.4 is 4.74 Å². The molecule has 1 saturated carbocycles. The summed E-state index contributed by atoms with van der Waals surface area (Å²) in [5.41, 5.74) is 0.774. The summed E-state index contributed by atoms with van der Waals surface area (Å²) in [5, 5.41) is 0. The number of methoxy groups -OCH3 is 1. The number of hydrogen-bond acceptors (Lipinski definition) is 4. The van der Waals surface area contributed by atoms with Gasteiger partial charge < -0.3 is 4.74 Å². The highest BCUT2D eigenvalue weighted by Crippen LogP contribution is 2.46. The first kappa shape index (κ1) is 12.2. The summed E-state index contributed by atoms with van der Waals surface area (Å²) in [6.07, 6.45) is 6.71. The Morgan fingerprint density at radius 3 is 2.71 bits per heavy atom. The standard InChI is InChI=1S/C13H15NO2S/c1-16-11-5-4-10(8-12(11)17-2)13(14-9-15)6-3-7-13/h4-5,8H,3,6-7H2,1-2H3. The fourth-order valence-electron chi connectivity index (χ4n) is 2.19. The van der Waals surface area contributed by atoms with Crippen LogP contribution in [0, 0.1) is 0 Å². The van der Waals surface area contributed by atoms with Gasteiger partial charge in [0.25, 0.3) is 0 Å². The van der Waals surface area contributed by atoms with Gasteiger partial charge in [-0.25, -0.2) is 4.79 Å². The van der Waals surface area contributed by atoms with Crippen molar-refractivity contribution in [2.75, 3.05) is 13.4 Å². The average Bonchev–Trinajstić information content (AvgIpc) is 2.33. The molecule has 0 unspecified atom stereocenters. The summed E-state index contributed by atoms with van der Waals surface area (Å²) in [6, 6.07) is 6.02. The number of nitrogens with zero attached hydrogens (tertiary/aromatic N) is 1. The van der Waals surface area contributed by atoms with Crippen LogP contribution in [-0.2, 0) is 10.3 Å². The van der Waals surface area contributed by atoms with E-state index in [4.69, 9.17) is 4.74 Å². The highest BCUT2D eigenvalue weighted by molar-refractivity contribution is 7.98. The summed E-state index contributed by atoms with van der Waals surface area (Å²) < 4.78 is 5.29. The second-order valence-corrected chi connectivity index (χ2v) is 5.01. The lowest BCUT2D eigenvalue weighted by molar-refractivity contribution is 0.255. The van der Waals surface area contributed by atoms with Gasteiger partial charge in [-0.1, -0.05) is 6.07 Å². The second kappa shape index (κ2) is 4.94. The van der Waals surface area contributed by atoms with E-state index in [1.165, 1.54) is 0 Å². The summed E-state index contributed by atoms with van der Waals surface area (Å²) in [7, 11) is 1.66. The zero-order chi connectivity index (χ0) is 12.3. The number of ether oxygens (including phenoxy) is 1. The maximum absolute atomic E-state index is 10.5. The van der Waals surface area contributed by atoms with Gasteiger partial charge in [0.2, 0.25) is 6.08 Å². The molecule has 4 heteroatoms. The molecule has 1 aliphatic rings. The fraction of sp³-hybridized carbons (Fsp3) is 0.462. The summed E-state index contributed by atoms with van der Waals surface area (Å²) >= 11 is 1.64. The van der Waals surface area contributed by atoms with Crippen LogP contribution >= 0.6 is 11.8 Å². The van der Waals surface area contributed by atoms with Gasteiger partial charge in [0, 0.05) is 4.90 Å². The van der Waals surface area contributed by atoms with Crippen molar-refractivity contribution in [3.05, 3.63) is 23.8 Å². The van der Waals surface area contributed by atoms with E-state index in [1.807, 2.05) is 18.4 Å². The van der Waals surface area contributed by atoms with Gasteiger partial charge >= 0.3 is 0 Å². The number of isocyanates is 1. The van der Waals surface area contributed by atoms with Crippen molar-refractivity contribution >= 4 is 17.8 Å². The lowest BCUT2D eigenvalue weighted by Crippen LogP contribution is -2.31. The number of rotatable bonds is 4. The first-order valence-corrected chi connectivity index (χ1v) is 6.80. The minimum Gasteiger partial charge on any atom is -0.496 e. The topological polar surface area (TPSA) is 38.7 Å². The van der Waals surface area contributed by atoms with Crippen LogP contribution in [0.3, 0.4) is 0 Å². The third kappa shape index (κ3) is 2.11. The Bertz CT molecular complexity index is 462. The van der Waals surface area contributed by atoms with Crippen LogP contribution in [0.2, 0.25) is 0 Å². The Morgan fingerprint density at radius 2 is 2.24 bits per heavy atom. The molecule has 0 spiro atoms. The van der Waals surface area contributed by atoms with Gasteiger partial charge in [-0.2, -0.15) is 4.99 Å². The van der Waals surface area contributed by atoms with E-state index >= 15 is 0 Å². The molecule has 0 radical (unpaired) electrons.